The van der Waals surface area contributed by atoms with Crippen molar-refractivity contribution in [3.8, 4) is 10.6 Å². The van der Waals surface area contributed by atoms with Gasteiger partial charge in [0.05, 0.1) is 12.2 Å². The standard InChI is InChI=1S/C18H22N4O2S/c1-19-13-4-2-3-8-22(10-13)18-21-15-12(11-23)5-6-14(16(15)24-18)17-20-7-9-25-17/h5-7,9,13,19,23H,2-4,8,10-11H2,1H3. The maximum absolute atomic E-state index is 9.68. The lowest BCUT2D eigenvalue weighted by molar-refractivity contribution is 0.283. The quantitative estimate of drug-likeness (QED) is 0.747. The average molecular weight is 358 g/mol. The number of nitrogens with one attached hydrogen (secondary N) is 1. The Bertz CT molecular complexity index is 846. The lowest BCUT2D eigenvalue weighted by Gasteiger charge is -2.22. The zero-order chi connectivity index (χ0) is 17.2. The number of aliphatic hydroxyl groups is 1. The summed E-state index contributed by atoms with van der Waals surface area (Å²) in [5.41, 5.74) is 3.16. The average Bonchev–Trinajstić information content (AvgIpc) is 3.26. The van der Waals surface area contributed by atoms with Crippen LogP contribution >= 0.6 is 11.3 Å². The lowest BCUT2D eigenvalue weighted by Crippen LogP contribution is -2.38. The van der Waals surface area contributed by atoms with E-state index < -0.39 is 0 Å². The first kappa shape index (κ1) is 16.5. The van der Waals surface area contributed by atoms with Crippen LogP contribution in [0.1, 0.15) is 24.8 Å². The molecule has 0 saturated carbocycles. The molecule has 1 unspecified atom stereocenters. The van der Waals surface area contributed by atoms with E-state index in [2.05, 4.69) is 15.2 Å². The number of oxazole rings is 1. The molecule has 3 aromatic rings. The van der Waals surface area contributed by atoms with Gasteiger partial charge in [-0.05, 0) is 26.0 Å². The Morgan fingerprint density at radius 1 is 1.40 bits per heavy atom. The number of likely N-dealkylation sites (N-methyl/N-ethyl adjacent to an activating group) is 1. The number of hydrogen-bond acceptors (Lipinski definition) is 7. The van der Waals surface area contributed by atoms with Gasteiger partial charge in [0.1, 0.15) is 10.5 Å². The van der Waals surface area contributed by atoms with Crippen LogP contribution in [0.4, 0.5) is 6.01 Å². The van der Waals surface area contributed by atoms with Crippen molar-refractivity contribution in [2.24, 2.45) is 0 Å². The Labute approximate surface area is 150 Å². The molecule has 4 rings (SSSR count). The molecule has 1 aliphatic rings. The van der Waals surface area contributed by atoms with Gasteiger partial charge in [-0.25, -0.2) is 4.98 Å². The zero-order valence-electron chi connectivity index (χ0n) is 14.2. The van der Waals surface area contributed by atoms with Gasteiger partial charge in [-0.3, -0.25) is 0 Å². The molecule has 1 saturated heterocycles. The van der Waals surface area contributed by atoms with Gasteiger partial charge in [0.25, 0.3) is 6.01 Å². The molecule has 1 aromatic carbocycles. The van der Waals surface area contributed by atoms with Crippen molar-refractivity contribution < 1.29 is 9.52 Å². The van der Waals surface area contributed by atoms with E-state index in [9.17, 15) is 5.11 Å². The lowest BCUT2D eigenvalue weighted by atomic mass is 10.1. The number of nitrogens with zero attached hydrogens (tertiary/aromatic N) is 3. The molecule has 0 aliphatic carbocycles. The highest BCUT2D eigenvalue weighted by molar-refractivity contribution is 7.13. The second kappa shape index (κ2) is 7.11. The fraction of sp³-hybridized carbons (Fsp3) is 0.444. The summed E-state index contributed by atoms with van der Waals surface area (Å²) < 4.78 is 6.20. The van der Waals surface area contributed by atoms with Crippen molar-refractivity contribution in [3.63, 3.8) is 0 Å². The largest absolute Gasteiger partial charge is 0.423 e. The number of fused-ring (bicyclic) bond motifs is 1. The van der Waals surface area contributed by atoms with Crippen molar-refractivity contribution in [2.45, 2.75) is 31.9 Å². The molecule has 1 fully saturated rings. The van der Waals surface area contributed by atoms with E-state index in [4.69, 9.17) is 9.40 Å². The highest BCUT2D eigenvalue weighted by Gasteiger charge is 2.23. The van der Waals surface area contributed by atoms with Crippen LogP contribution in [0.5, 0.6) is 0 Å². The fourth-order valence-electron chi connectivity index (χ4n) is 3.39. The highest BCUT2D eigenvalue weighted by Crippen LogP contribution is 2.35. The molecule has 1 atom stereocenters. The predicted octanol–water partition coefficient (Wildman–Crippen LogP) is 3.02. The van der Waals surface area contributed by atoms with E-state index >= 15 is 0 Å². The fourth-order valence-corrected chi connectivity index (χ4v) is 4.05. The second-order valence-corrected chi connectivity index (χ2v) is 7.26. The molecule has 0 bridgehead atoms. The summed E-state index contributed by atoms with van der Waals surface area (Å²) in [5.74, 6) is 0. The summed E-state index contributed by atoms with van der Waals surface area (Å²) >= 11 is 1.57. The Morgan fingerprint density at radius 3 is 3.08 bits per heavy atom. The number of rotatable bonds is 4. The zero-order valence-corrected chi connectivity index (χ0v) is 15.1. The topological polar surface area (TPSA) is 74.4 Å². The Morgan fingerprint density at radius 2 is 2.32 bits per heavy atom. The third-order valence-electron chi connectivity index (χ3n) is 4.80. The number of thiazole rings is 1. The van der Waals surface area contributed by atoms with E-state index in [0.717, 1.165) is 41.2 Å². The van der Waals surface area contributed by atoms with E-state index in [-0.39, 0.29) is 6.61 Å². The molecular weight excluding hydrogens is 336 g/mol. The Kier molecular flexibility index (Phi) is 4.70. The number of aliphatic hydroxyl groups excluding tert-OH is 1. The van der Waals surface area contributed by atoms with Crippen molar-refractivity contribution in [2.75, 3.05) is 25.0 Å². The third kappa shape index (κ3) is 3.15. The second-order valence-electron chi connectivity index (χ2n) is 6.37. The summed E-state index contributed by atoms with van der Waals surface area (Å²) in [5, 5.41) is 15.9. The summed E-state index contributed by atoms with van der Waals surface area (Å²) in [6.45, 7) is 1.76. The van der Waals surface area contributed by atoms with Gasteiger partial charge in [-0.2, -0.15) is 4.98 Å². The number of benzene rings is 1. The SMILES string of the molecule is CNC1CCCCN(c2nc3c(CO)ccc(-c4nccs4)c3o2)C1. The van der Waals surface area contributed by atoms with Crippen LogP contribution < -0.4 is 10.2 Å². The van der Waals surface area contributed by atoms with E-state index in [1.807, 2.05) is 24.6 Å². The number of aromatic nitrogens is 2. The van der Waals surface area contributed by atoms with Crippen LogP contribution in [0.15, 0.2) is 28.1 Å². The van der Waals surface area contributed by atoms with E-state index in [1.54, 1.807) is 17.5 Å². The van der Waals surface area contributed by atoms with Gasteiger partial charge in [0, 0.05) is 36.3 Å². The van der Waals surface area contributed by atoms with E-state index in [0.29, 0.717) is 17.6 Å². The summed E-state index contributed by atoms with van der Waals surface area (Å²) in [6, 6.07) is 4.94. The van der Waals surface area contributed by atoms with Crippen LogP contribution in [-0.4, -0.2) is 41.3 Å². The molecule has 25 heavy (non-hydrogen) atoms. The first-order chi connectivity index (χ1) is 12.3. The molecule has 0 radical (unpaired) electrons. The van der Waals surface area contributed by atoms with Crippen molar-refractivity contribution in [1.82, 2.24) is 15.3 Å². The van der Waals surface area contributed by atoms with Gasteiger partial charge < -0.3 is 19.7 Å². The summed E-state index contributed by atoms with van der Waals surface area (Å²) in [6.07, 6.45) is 5.28. The van der Waals surface area contributed by atoms with E-state index in [1.165, 1.54) is 12.8 Å². The highest BCUT2D eigenvalue weighted by atomic mass is 32.1. The summed E-state index contributed by atoms with van der Waals surface area (Å²) in [7, 11) is 2.00. The van der Waals surface area contributed by atoms with Crippen LogP contribution in [-0.2, 0) is 6.61 Å². The van der Waals surface area contributed by atoms with Gasteiger partial charge in [-0.15, -0.1) is 11.3 Å². The number of anilines is 1. The van der Waals surface area contributed by atoms with Crippen LogP contribution in [0, 0.1) is 0 Å². The molecule has 132 valence electrons. The molecule has 6 nitrogen and oxygen atoms in total. The molecule has 7 heteroatoms. The van der Waals surface area contributed by atoms with Gasteiger partial charge in [0.15, 0.2) is 5.58 Å². The molecule has 0 amide bonds. The molecule has 1 aliphatic heterocycles. The maximum Gasteiger partial charge on any atom is 0.298 e. The molecule has 2 N–H and O–H groups in total. The van der Waals surface area contributed by atoms with Gasteiger partial charge >= 0.3 is 0 Å². The molecular formula is C18H22N4O2S. The minimum absolute atomic E-state index is 0.0558. The first-order valence-corrected chi connectivity index (χ1v) is 9.53. The minimum atomic E-state index is -0.0558. The minimum Gasteiger partial charge on any atom is -0.423 e. The monoisotopic (exact) mass is 358 g/mol. The first-order valence-electron chi connectivity index (χ1n) is 8.65. The van der Waals surface area contributed by atoms with Crippen LogP contribution in [0.2, 0.25) is 0 Å². The molecule has 2 aromatic heterocycles. The molecule has 0 spiro atoms. The van der Waals surface area contributed by atoms with Crippen molar-refractivity contribution in [3.05, 3.63) is 29.3 Å². The van der Waals surface area contributed by atoms with Crippen LogP contribution in [0.3, 0.4) is 0 Å². The van der Waals surface area contributed by atoms with Gasteiger partial charge in [0.2, 0.25) is 0 Å². The third-order valence-corrected chi connectivity index (χ3v) is 5.61. The van der Waals surface area contributed by atoms with Crippen molar-refractivity contribution >= 4 is 28.5 Å². The Balaban J connectivity index is 1.79. The number of hydrogen-bond donors (Lipinski definition) is 2. The van der Waals surface area contributed by atoms with Gasteiger partial charge in [-0.1, -0.05) is 12.5 Å². The maximum atomic E-state index is 9.68. The summed E-state index contributed by atoms with van der Waals surface area (Å²) in [4.78, 5) is 11.3. The van der Waals surface area contributed by atoms with Crippen molar-refractivity contribution in [1.29, 1.82) is 0 Å². The predicted molar refractivity (Wildman–Crippen MR) is 100.0 cm³/mol. The Hall–Kier alpha value is -1.96. The van der Waals surface area contributed by atoms with Crippen LogP contribution in [0.25, 0.3) is 21.7 Å². The normalized spacial score (nSPS) is 18.6. The molecule has 3 heterocycles. The smallest absolute Gasteiger partial charge is 0.298 e.